The van der Waals surface area contributed by atoms with Crippen LogP contribution >= 0.6 is 11.3 Å². The Kier molecular flexibility index (Phi) is 2.57. The molecule has 0 fully saturated rings. The van der Waals surface area contributed by atoms with Crippen molar-refractivity contribution in [3.05, 3.63) is 54.3 Å². The smallest absolute Gasteiger partial charge is 0.0830 e. The number of rotatable bonds is 2. The van der Waals surface area contributed by atoms with Gasteiger partial charge in [0.2, 0.25) is 0 Å². The average Bonchev–Trinajstić information content (AvgIpc) is 2.75. The van der Waals surface area contributed by atoms with Crippen molar-refractivity contribution in [1.29, 1.82) is 0 Å². The Morgan fingerprint density at radius 2 is 1.82 bits per heavy atom. The molecule has 0 amide bonds. The Labute approximate surface area is 104 Å². The largest absolute Gasteiger partial charge is 0.504 e. The average molecular weight is 240 g/mol. The molecule has 3 rings (SSSR count). The van der Waals surface area contributed by atoms with Crippen LogP contribution in [0.15, 0.2) is 48.7 Å². The van der Waals surface area contributed by atoms with Crippen LogP contribution in [0.1, 0.15) is 5.56 Å². The number of methoxy groups -OCH3 is 1. The quantitative estimate of drug-likeness (QED) is 0.591. The van der Waals surface area contributed by atoms with Crippen LogP contribution in [0.3, 0.4) is 0 Å². The molecule has 2 aromatic carbocycles. The predicted molar refractivity (Wildman–Crippen MR) is 75.4 cm³/mol. The van der Waals surface area contributed by atoms with Gasteiger partial charge < -0.3 is 4.74 Å². The second kappa shape index (κ2) is 4.22. The van der Waals surface area contributed by atoms with Crippen molar-refractivity contribution >= 4 is 37.6 Å². The summed E-state index contributed by atoms with van der Waals surface area (Å²) in [6, 6.07) is 14.9. The van der Waals surface area contributed by atoms with Crippen molar-refractivity contribution in [2.75, 3.05) is 7.11 Å². The van der Waals surface area contributed by atoms with E-state index in [9.17, 15) is 0 Å². The highest BCUT2D eigenvalue weighted by atomic mass is 32.1. The molecule has 3 aromatic rings. The van der Waals surface area contributed by atoms with E-state index in [1.807, 2.05) is 17.4 Å². The van der Waals surface area contributed by atoms with Crippen molar-refractivity contribution in [1.82, 2.24) is 0 Å². The molecular formula is C15H12OS. The zero-order valence-electron chi connectivity index (χ0n) is 9.51. The van der Waals surface area contributed by atoms with Crippen LogP contribution in [-0.4, -0.2) is 7.11 Å². The summed E-state index contributed by atoms with van der Waals surface area (Å²) in [5.41, 5.74) is 1.21. The molecule has 1 heterocycles. The van der Waals surface area contributed by atoms with E-state index in [1.54, 1.807) is 13.4 Å². The van der Waals surface area contributed by atoms with E-state index in [0.717, 1.165) is 0 Å². The topological polar surface area (TPSA) is 9.23 Å². The molecule has 0 saturated carbocycles. The van der Waals surface area contributed by atoms with Gasteiger partial charge in [0.25, 0.3) is 0 Å². The van der Waals surface area contributed by atoms with Crippen LogP contribution in [0.2, 0.25) is 0 Å². The summed E-state index contributed by atoms with van der Waals surface area (Å²) in [5.74, 6) is 0. The molecule has 2 heteroatoms. The molecule has 0 bridgehead atoms. The van der Waals surface area contributed by atoms with E-state index < -0.39 is 0 Å². The van der Waals surface area contributed by atoms with E-state index in [-0.39, 0.29) is 0 Å². The summed E-state index contributed by atoms with van der Waals surface area (Å²) in [7, 11) is 1.67. The van der Waals surface area contributed by atoms with Crippen LogP contribution in [0.4, 0.5) is 0 Å². The fourth-order valence-electron chi connectivity index (χ4n) is 2.08. The van der Waals surface area contributed by atoms with Gasteiger partial charge in [0.15, 0.2) is 0 Å². The van der Waals surface area contributed by atoms with Gasteiger partial charge >= 0.3 is 0 Å². The van der Waals surface area contributed by atoms with E-state index in [2.05, 4.69) is 42.5 Å². The molecular weight excluding hydrogens is 228 g/mol. The van der Waals surface area contributed by atoms with E-state index in [4.69, 9.17) is 4.74 Å². The maximum Gasteiger partial charge on any atom is 0.0830 e. The van der Waals surface area contributed by atoms with Crippen LogP contribution < -0.4 is 0 Å². The Morgan fingerprint density at radius 3 is 2.71 bits per heavy atom. The maximum absolute atomic E-state index is 5.01. The number of benzene rings is 2. The molecule has 0 radical (unpaired) electrons. The van der Waals surface area contributed by atoms with Gasteiger partial charge in [-0.1, -0.05) is 30.3 Å². The van der Waals surface area contributed by atoms with Crippen molar-refractivity contribution in [2.24, 2.45) is 0 Å². The molecule has 1 aromatic heterocycles. The van der Waals surface area contributed by atoms with Gasteiger partial charge in [0, 0.05) is 20.2 Å². The summed E-state index contributed by atoms with van der Waals surface area (Å²) in [4.78, 5) is 0. The number of fused-ring (bicyclic) bond motifs is 3. The van der Waals surface area contributed by atoms with Crippen molar-refractivity contribution in [3.8, 4) is 0 Å². The molecule has 84 valence electrons. The van der Waals surface area contributed by atoms with E-state index in [1.165, 1.54) is 25.7 Å². The lowest BCUT2D eigenvalue weighted by atomic mass is 10.1. The zero-order valence-corrected chi connectivity index (χ0v) is 10.3. The minimum atomic E-state index is 1.21. The highest BCUT2D eigenvalue weighted by Gasteiger charge is 2.06. The Hall–Kier alpha value is -1.80. The third-order valence-corrected chi connectivity index (χ3v) is 3.95. The summed E-state index contributed by atoms with van der Waals surface area (Å²) in [6.45, 7) is 0. The predicted octanol–water partition coefficient (Wildman–Crippen LogP) is 4.67. The molecule has 0 spiro atoms. The van der Waals surface area contributed by atoms with Crippen LogP contribution in [-0.2, 0) is 4.74 Å². The Balaban J connectivity index is 2.39. The van der Waals surface area contributed by atoms with Gasteiger partial charge in [-0.3, -0.25) is 0 Å². The first-order valence-corrected chi connectivity index (χ1v) is 6.31. The molecule has 0 N–H and O–H groups in total. The number of hydrogen-bond acceptors (Lipinski definition) is 2. The minimum absolute atomic E-state index is 1.21. The monoisotopic (exact) mass is 240 g/mol. The van der Waals surface area contributed by atoms with E-state index >= 15 is 0 Å². The van der Waals surface area contributed by atoms with E-state index in [0.29, 0.717) is 0 Å². The van der Waals surface area contributed by atoms with Gasteiger partial charge in [-0.15, -0.1) is 11.3 Å². The summed E-state index contributed by atoms with van der Waals surface area (Å²) in [5, 5.41) is 2.64. The first-order valence-electron chi connectivity index (χ1n) is 5.50. The molecule has 0 saturated heterocycles. The lowest BCUT2D eigenvalue weighted by molar-refractivity contribution is 0.341. The molecule has 1 nitrogen and oxygen atoms in total. The second-order valence-electron chi connectivity index (χ2n) is 3.86. The molecule has 0 atom stereocenters. The third-order valence-electron chi connectivity index (χ3n) is 2.82. The molecule has 17 heavy (non-hydrogen) atoms. The molecule has 0 aliphatic heterocycles. The van der Waals surface area contributed by atoms with Crippen LogP contribution in [0, 0.1) is 0 Å². The highest BCUT2D eigenvalue weighted by Crippen LogP contribution is 2.36. The van der Waals surface area contributed by atoms with Crippen molar-refractivity contribution in [2.45, 2.75) is 0 Å². The van der Waals surface area contributed by atoms with Gasteiger partial charge in [0.1, 0.15) is 0 Å². The third kappa shape index (κ3) is 1.71. The minimum Gasteiger partial charge on any atom is -0.504 e. The zero-order chi connectivity index (χ0) is 11.7. The van der Waals surface area contributed by atoms with Crippen molar-refractivity contribution in [3.63, 3.8) is 0 Å². The van der Waals surface area contributed by atoms with Crippen molar-refractivity contribution < 1.29 is 4.74 Å². The molecule has 0 unspecified atom stereocenters. The van der Waals surface area contributed by atoms with Crippen LogP contribution in [0.5, 0.6) is 0 Å². The lowest BCUT2D eigenvalue weighted by Gasteiger charge is -1.98. The number of hydrogen-bond donors (Lipinski definition) is 0. The summed E-state index contributed by atoms with van der Waals surface area (Å²) >= 11 is 1.83. The standard InChI is InChI=1S/C15H12OS/c1-16-10-9-11-5-4-8-14-15(11)12-6-2-3-7-13(12)17-14/h2-10H,1H3. The van der Waals surface area contributed by atoms with Gasteiger partial charge in [-0.05, 0) is 23.8 Å². The first-order chi connectivity index (χ1) is 8.40. The Morgan fingerprint density at radius 1 is 1.00 bits per heavy atom. The van der Waals surface area contributed by atoms with Gasteiger partial charge in [0.05, 0.1) is 13.4 Å². The normalized spacial score (nSPS) is 11.6. The second-order valence-corrected chi connectivity index (χ2v) is 4.94. The maximum atomic E-state index is 5.01. The lowest BCUT2D eigenvalue weighted by Crippen LogP contribution is -1.75. The van der Waals surface area contributed by atoms with Crippen LogP contribution in [0.25, 0.3) is 26.2 Å². The first kappa shape index (κ1) is 10.4. The SMILES string of the molecule is COC=Cc1cccc2sc3ccccc3c12. The summed E-state index contributed by atoms with van der Waals surface area (Å²) in [6.07, 6.45) is 3.74. The fraction of sp³-hybridized carbons (Fsp3) is 0.0667. The highest BCUT2D eigenvalue weighted by molar-refractivity contribution is 7.25. The Bertz CT molecular complexity index is 694. The molecule has 0 aliphatic carbocycles. The summed E-state index contributed by atoms with van der Waals surface area (Å²) < 4.78 is 7.66. The number of thiophene rings is 1. The molecule has 0 aliphatic rings. The van der Waals surface area contributed by atoms with Gasteiger partial charge in [-0.2, -0.15) is 0 Å². The number of ether oxygens (including phenoxy) is 1. The fourth-order valence-corrected chi connectivity index (χ4v) is 3.22. The van der Waals surface area contributed by atoms with Gasteiger partial charge in [-0.25, -0.2) is 0 Å².